The van der Waals surface area contributed by atoms with Crippen LogP contribution < -0.4 is 0 Å². The molecule has 0 saturated carbocycles. The number of nitrogens with zero attached hydrogens (tertiary/aromatic N) is 1. The Balaban J connectivity index is 7.33. The van der Waals surface area contributed by atoms with Gasteiger partial charge in [0, 0.05) is 88.7 Å². The summed E-state index contributed by atoms with van der Waals surface area (Å²) < 4.78 is 55.9. The van der Waals surface area contributed by atoms with Crippen LogP contribution in [0.15, 0.2) is 12.2 Å². The zero-order valence-electron chi connectivity index (χ0n) is 33.9. The van der Waals surface area contributed by atoms with E-state index in [2.05, 4.69) is 6.58 Å². The van der Waals surface area contributed by atoms with Gasteiger partial charge in [-0.25, -0.2) is 0 Å². The Morgan fingerprint density at radius 2 is 0.784 bits per heavy atom. The Morgan fingerprint density at radius 1 is 0.549 bits per heavy atom. The fraction of sp³-hybridized carbons (Fsp3) is 0.914. The third-order valence-corrected chi connectivity index (χ3v) is 18.0. The van der Waals surface area contributed by atoms with Crippen molar-refractivity contribution in [3.63, 3.8) is 0 Å². The molecule has 0 radical (unpaired) electrons. The Bertz CT molecular complexity index is 785. The molecule has 0 atom stereocenters. The van der Waals surface area contributed by atoms with Gasteiger partial charge in [0.15, 0.2) is 0 Å². The highest BCUT2D eigenvalue weighted by Crippen LogP contribution is 2.40. The number of aliphatic hydroxyl groups is 2. The monoisotopic (exact) mass is 785 g/mol. The summed E-state index contributed by atoms with van der Waals surface area (Å²) in [4.78, 5) is 16.0. The Morgan fingerprint density at radius 3 is 0.961 bits per heavy atom. The maximum atomic E-state index is 14.3. The molecule has 0 heterocycles. The van der Waals surface area contributed by atoms with Gasteiger partial charge in [0.1, 0.15) is 0 Å². The summed E-state index contributed by atoms with van der Waals surface area (Å²) in [6.45, 7) is 26.3. The van der Waals surface area contributed by atoms with E-state index in [0.717, 1.165) is 0 Å². The summed E-state index contributed by atoms with van der Waals surface area (Å²) in [5.41, 5.74) is -0.539. The topological polar surface area (TPSA) is 144 Å². The standard InChI is InChI=1S/C35H75NO12Si3/c1-12-40-49(41-13-2,42-14-3)27-21-24-35(36(33(30-37)31-38)34(39)32(10)11,25-22-28-50(43-15-4,44-16-5)45-17-6)26-23-29-51(46-18-7,47-19-8)48-20-9/h33,37-38H,10,12-31H2,1-9,11H3. The van der Waals surface area contributed by atoms with Crippen molar-refractivity contribution in [3.8, 4) is 0 Å². The fourth-order valence-corrected chi connectivity index (χ4v) is 14.7. The number of hydrogen-bond acceptors (Lipinski definition) is 12. The summed E-state index contributed by atoms with van der Waals surface area (Å²) in [6, 6.07) is 0.746. The normalized spacial score (nSPS) is 13.0. The van der Waals surface area contributed by atoms with Gasteiger partial charge in [-0.2, -0.15) is 0 Å². The second-order valence-corrected chi connectivity index (χ2v) is 20.4. The second kappa shape index (κ2) is 27.9. The zero-order chi connectivity index (χ0) is 38.8. The van der Waals surface area contributed by atoms with Gasteiger partial charge >= 0.3 is 26.4 Å². The average Bonchev–Trinajstić information content (AvgIpc) is 3.07. The highest BCUT2D eigenvalue weighted by molar-refractivity contribution is 6.61. The van der Waals surface area contributed by atoms with Crippen LogP contribution in [0.3, 0.4) is 0 Å². The van der Waals surface area contributed by atoms with Crippen LogP contribution >= 0.6 is 0 Å². The van der Waals surface area contributed by atoms with E-state index in [1.807, 2.05) is 62.3 Å². The van der Waals surface area contributed by atoms with Gasteiger partial charge in [0.2, 0.25) is 5.91 Å². The van der Waals surface area contributed by atoms with E-state index in [4.69, 9.17) is 39.8 Å². The molecule has 1 amide bonds. The van der Waals surface area contributed by atoms with Crippen molar-refractivity contribution in [2.75, 3.05) is 72.7 Å². The third-order valence-electron chi connectivity index (χ3n) is 8.54. The van der Waals surface area contributed by atoms with Gasteiger partial charge in [0.25, 0.3) is 0 Å². The number of aliphatic hydroxyl groups excluding tert-OH is 2. The van der Waals surface area contributed by atoms with E-state index in [1.165, 1.54) is 0 Å². The summed E-state index contributed by atoms with van der Waals surface area (Å²) in [6.07, 6.45) is 3.36. The molecule has 13 nitrogen and oxygen atoms in total. The fourth-order valence-electron chi connectivity index (χ4n) is 6.84. The molecule has 0 aromatic carbocycles. The molecular formula is C35H75NO12Si3. The molecule has 0 saturated heterocycles. The number of carbonyl (C=O) groups is 1. The first-order valence-corrected chi connectivity index (χ1v) is 25.2. The molecule has 0 aromatic heterocycles. The van der Waals surface area contributed by atoms with Gasteiger partial charge in [-0.1, -0.05) is 6.58 Å². The molecule has 0 spiro atoms. The molecule has 0 fully saturated rings. The highest BCUT2D eigenvalue weighted by Gasteiger charge is 2.48. The molecule has 304 valence electrons. The lowest BCUT2D eigenvalue weighted by Crippen LogP contribution is -2.59. The van der Waals surface area contributed by atoms with Crippen LogP contribution in [0.2, 0.25) is 18.1 Å². The number of carbonyl (C=O) groups excluding carboxylic acids is 1. The van der Waals surface area contributed by atoms with Crippen molar-refractivity contribution in [1.82, 2.24) is 4.90 Å². The first-order valence-electron chi connectivity index (χ1n) is 19.4. The lowest BCUT2D eigenvalue weighted by atomic mass is 9.81. The van der Waals surface area contributed by atoms with Crippen molar-refractivity contribution in [2.24, 2.45) is 0 Å². The second-order valence-electron chi connectivity index (χ2n) is 12.2. The number of rotatable bonds is 35. The molecule has 0 aliphatic rings. The minimum atomic E-state index is -3.04. The van der Waals surface area contributed by atoms with Crippen LogP contribution in [-0.2, 0) is 44.6 Å². The molecule has 0 aliphatic heterocycles. The van der Waals surface area contributed by atoms with Crippen molar-refractivity contribution in [3.05, 3.63) is 12.2 Å². The SMILES string of the molecule is C=C(C)C(=O)N(C(CO)CO)C(CCC[Si](OCC)(OCC)OCC)(CCC[Si](OCC)(OCC)OCC)CCC[Si](OCC)(OCC)OCC. The van der Waals surface area contributed by atoms with E-state index in [1.54, 1.807) is 11.8 Å². The molecular weight excluding hydrogens is 711 g/mol. The van der Waals surface area contributed by atoms with E-state index in [9.17, 15) is 15.0 Å². The minimum absolute atomic E-state index is 0.316. The summed E-state index contributed by atoms with van der Waals surface area (Å²) in [5.74, 6) is -0.322. The molecule has 2 N–H and O–H groups in total. The molecule has 0 bridgehead atoms. The molecule has 0 rings (SSSR count). The van der Waals surface area contributed by atoms with Crippen LogP contribution in [0.5, 0.6) is 0 Å². The number of hydrogen-bond donors (Lipinski definition) is 2. The molecule has 0 unspecified atom stereocenters. The Labute approximate surface area is 313 Å². The van der Waals surface area contributed by atoms with Crippen LogP contribution in [0.1, 0.15) is 108 Å². The van der Waals surface area contributed by atoms with Gasteiger partial charge < -0.3 is 54.9 Å². The van der Waals surface area contributed by atoms with E-state index >= 15 is 0 Å². The smallest absolute Gasteiger partial charge is 0.394 e. The molecule has 51 heavy (non-hydrogen) atoms. The lowest BCUT2D eigenvalue weighted by Gasteiger charge is -2.49. The largest absolute Gasteiger partial charge is 0.500 e. The van der Waals surface area contributed by atoms with Crippen LogP contribution in [0.25, 0.3) is 0 Å². The van der Waals surface area contributed by atoms with E-state index < -0.39 is 51.2 Å². The van der Waals surface area contributed by atoms with Crippen molar-refractivity contribution < 1.29 is 54.8 Å². The van der Waals surface area contributed by atoms with Gasteiger partial charge in [-0.3, -0.25) is 4.79 Å². The highest BCUT2D eigenvalue weighted by atomic mass is 28.4. The van der Waals surface area contributed by atoms with Crippen molar-refractivity contribution >= 4 is 32.3 Å². The first-order chi connectivity index (χ1) is 24.4. The van der Waals surface area contributed by atoms with E-state index in [-0.39, 0.29) is 5.91 Å². The maximum absolute atomic E-state index is 14.3. The maximum Gasteiger partial charge on any atom is 0.500 e. The number of amides is 1. The van der Waals surface area contributed by atoms with Gasteiger partial charge in [-0.05, 0) is 108 Å². The lowest BCUT2D eigenvalue weighted by molar-refractivity contribution is -0.142. The predicted molar refractivity (Wildman–Crippen MR) is 206 cm³/mol. The van der Waals surface area contributed by atoms with Crippen LogP contribution in [-0.4, -0.2) is 132 Å². The first kappa shape index (κ1) is 50.4. The molecule has 16 heteroatoms. The summed E-state index contributed by atoms with van der Waals surface area (Å²) in [5, 5.41) is 21.3. The molecule has 0 aliphatic carbocycles. The minimum Gasteiger partial charge on any atom is -0.394 e. The van der Waals surface area contributed by atoms with Gasteiger partial charge in [0.05, 0.1) is 19.3 Å². The predicted octanol–water partition coefficient (Wildman–Crippen LogP) is 5.97. The van der Waals surface area contributed by atoms with Crippen LogP contribution in [0.4, 0.5) is 0 Å². The zero-order valence-corrected chi connectivity index (χ0v) is 36.9. The molecule has 0 aromatic rings. The van der Waals surface area contributed by atoms with Crippen molar-refractivity contribution in [1.29, 1.82) is 0 Å². The summed E-state index contributed by atoms with van der Waals surface area (Å²) >= 11 is 0. The third kappa shape index (κ3) is 16.8. The Hall–Kier alpha value is -0.579. The quantitative estimate of drug-likeness (QED) is 0.0578. The Kier molecular flexibility index (Phi) is 27.6. The van der Waals surface area contributed by atoms with Crippen molar-refractivity contribution in [2.45, 2.75) is 137 Å². The van der Waals surface area contributed by atoms with Crippen LogP contribution in [0, 0.1) is 0 Å². The average molecular weight is 786 g/mol. The summed E-state index contributed by atoms with van der Waals surface area (Å²) in [7, 11) is -9.11. The van der Waals surface area contributed by atoms with E-state index in [0.29, 0.717) is 122 Å². The van der Waals surface area contributed by atoms with Gasteiger partial charge in [-0.15, -0.1) is 0 Å².